The summed E-state index contributed by atoms with van der Waals surface area (Å²) in [5, 5.41) is 3.20. The Bertz CT molecular complexity index is 538. The average molecular weight is 362 g/mol. The van der Waals surface area contributed by atoms with E-state index in [2.05, 4.69) is 26.0 Å². The molecule has 7 heteroatoms. The molecule has 2 rings (SSSR count). The van der Waals surface area contributed by atoms with Crippen LogP contribution in [0.3, 0.4) is 0 Å². The van der Waals surface area contributed by atoms with E-state index in [4.69, 9.17) is 11.6 Å². The first-order valence-electron chi connectivity index (χ1n) is 6.10. The van der Waals surface area contributed by atoms with Crippen molar-refractivity contribution in [2.24, 2.45) is 0 Å². The van der Waals surface area contributed by atoms with Gasteiger partial charge < -0.3 is 15.0 Å². The molecule has 108 valence electrons. The number of benzene rings is 1. The molecule has 1 unspecified atom stereocenters. The van der Waals surface area contributed by atoms with Gasteiger partial charge in [-0.1, -0.05) is 11.6 Å². The smallest absolute Gasteiger partial charge is 0.407 e. The molecule has 1 aliphatic heterocycles. The van der Waals surface area contributed by atoms with Gasteiger partial charge in [0.1, 0.15) is 0 Å². The third kappa shape index (κ3) is 3.43. The number of nitrogens with zero attached hydrogens (tertiary/aromatic N) is 1. The van der Waals surface area contributed by atoms with Crippen LogP contribution in [0.25, 0.3) is 0 Å². The summed E-state index contributed by atoms with van der Waals surface area (Å²) in [5.41, 5.74) is 0.539. The first kappa shape index (κ1) is 15.1. The second-order valence-corrected chi connectivity index (χ2v) is 5.76. The summed E-state index contributed by atoms with van der Waals surface area (Å²) in [6.07, 6.45) is 0.237. The lowest BCUT2D eigenvalue weighted by Gasteiger charge is -2.17. The fourth-order valence-corrected chi connectivity index (χ4v) is 2.53. The molecule has 1 saturated heterocycles. The van der Waals surface area contributed by atoms with Crippen molar-refractivity contribution in [3.63, 3.8) is 0 Å². The van der Waals surface area contributed by atoms with Gasteiger partial charge in [-0.2, -0.15) is 0 Å². The lowest BCUT2D eigenvalue weighted by Crippen LogP contribution is -2.38. The molecule has 0 saturated carbocycles. The van der Waals surface area contributed by atoms with Gasteiger partial charge in [-0.3, -0.25) is 4.79 Å². The number of halogens is 2. The first-order chi connectivity index (χ1) is 9.51. The molecule has 0 bridgehead atoms. The van der Waals surface area contributed by atoms with Crippen molar-refractivity contribution in [3.05, 3.63) is 33.3 Å². The van der Waals surface area contributed by atoms with E-state index in [-0.39, 0.29) is 11.9 Å². The number of likely N-dealkylation sites (tertiary alicyclic amines) is 1. The van der Waals surface area contributed by atoms with Crippen LogP contribution >= 0.6 is 27.5 Å². The highest BCUT2D eigenvalue weighted by Gasteiger charge is 2.28. The maximum absolute atomic E-state index is 12.3. The Morgan fingerprint density at radius 2 is 2.25 bits per heavy atom. The minimum absolute atomic E-state index is 0.0719. The molecule has 1 fully saturated rings. The summed E-state index contributed by atoms with van der Waals surface area (Å²) in [5.74, 6) is -0.0893. The van der Waals surface area contributed by atoms with Gasteiger partial charge in [0.05, 0.1) is 18.2 Å². The van der Waals surface area contributed by atoms with Crippen molar-refractivity contribution in [3.8, 4) is 0 Å². The van der Waals surface area contributed by atoms with Crippen LogP contribution in [0.5, 0.6) is 0 Å². The Kier molecular flexibility index (Phi) is 4.88. The standard InChI is InChI=1S/C13H14BrClN2O3/c1-20-13(19)16-9-4-5-17(7-9)12(18)8-2-3-10(14)11(15)6-8/h2-3,6,9H,4-5,7H2,1H3,(H,16,19). The number of hydrogen-bond donors (Lipinski definition) is 1. The number of rotatable bonds is 2. The van der Waals surface area contributed by atoms with Crippen molar-refractivity contribution >= 4 is 39.5 Å². The average Bonchev–Trinajstić information content (AvgIpc) is 2.89. The van der Waals surface area contributed by atoms with E-state index in [9.17, 15) is 9.59 Å². The van der Waals surface area contributed by atoms with E-state index in [1.54, 1.807) is 23.1 Å². The van der Waals surface area contributed by atoms with Crippen LogP contribution in [0.2, 0.25) is 5.02 Å². The number of alkyl carbamates (subject to hydrolysis) is 1. The van der Waals surface area contributed by atoms with Gasteiger partial charge in [0.15, 0.2) is 0 Å². The number of carbonyl (C=O) groups excluding carboxylic acids is 2. The summed E-state index contributed by atoms with van der Waals surface area (Å²) < 4.78 is 5.30. The Labute approximate surface area is 130 Å². The molecule has 0 spiro atoms. The summed E-state index contributed by atoms with van der Waals surface area (Å²) in [6.45, 7) is 1.07. The highest BCUT2D eigenvalue weighted by atomic mass is 79.9. The molecular weight excluding hydrogens is 348 g/mol. The monoisotopic (exact) mass is 360 g/mol. The lowest BCUT2D eigenvalue weighted by atomic mass is 10.2. The topological polar surface area (TPSA) is 58.6 Å². The normalized spacial score (nSPS) is 17.9. The van der Waals surface area contributed by atoms with Crippen LogP contribution in [0, 0.1) is 0 Å². The molecule has 1 aromatic rings. The second kappa shape index (κ2) is 6.45. The van der Waals surface area contributed by atoms with E-state index >= 15 is 0 Å². The Morgan fingerprint density at radius 3 is 2.90 bits per heavy atom. The van der Waals surface area contributed by atoms with Gasteiger partial charge in [0.25, 0.3) is 5.91 Å². The minimum atomic E-state index is -0.476. The molecule has 1 aliphatic rings. The number of methoxy groups -OCH3 is 1. The van der Waals surface area contributed by atoms with Crippen LogP contribution in [0.1, 0.15) is 16.8 Å². The lowest BCUT2D eigenvalue weighted by molar-refractivity contribution is 0.0788. The zero-order chi connectivity index (χ0) is 14.7. The van der Waals surface area contributed by atoms with E-state index < -0.39 is 6.09 Å². The second-order valence-electron chi connectivity index (χ2n) is 4.50. The Balaban J connectivity index is 2.00. The van der Waals surface area contributed by atoms with Crippen LogP contribution in [0.15, 0.2) is 22.7 Å². The summed E-state index contributed by atoms with van der Waals surface area (Å²) >= 11 is 9.28. The van der Waals surface area contributed by atoms with Crippen molar-refractivity contribution < 1.29 is 14.3 Å². The fraction of sp³-hybridized carbons (Fsp3) is 0.385. The number of carbonyl (C=O) groups is 2. The maximum Gasteiger partial charge on any atom is 0.407 e. The third-order valence-electron chi connectivity index (χ3n) is 3.15. The van der Waals surface area contributed by atoms with Gasteiger partial charge in [0, 0.05) is 23.1 Å². The van der Waals surface area contributed by atoms with E-state index in [1.165, 1.54) is 7.11 Å². The molecule has 0 radical (unpaired) electrons. The van der Waals surface area contributed by atoms with E-state index in [1.807, 2.05) is 0 Å². The van der Waals surface area contributed by atoms with Gasteiger partial charge in [-0.15, -0.1) is 0 Å². The van der Waals surface area contributed by atoms with Gasteiger partial charge in [0.2, 0.25) is 0 Å². The minimum Gasteiger partial charge on any atom is -0.453 e. The molecule has 2 amide bonds. The Hall–Kier alpha value is -1.27. The van der Waals surface area contributed by atoms with E-state index in [0.717, 1.165) is 4.47 Å². The summed E-state index contributed by atoms with van der Waals surface area (Å²) in [7, 11) is 1.32. The van der Waals surface area contributed by atoms with Crippen LogP contribution in [0.4, 0.5) is 4.79 Å². The fourth-order valence-electron chi connectivity index (χ4n) is 2.10. The van der Waals surface area contributed by atoms with Gasteiger partial charge in [-0.25, -0.2) is 4.79 Å². The summed E-state index contributed by atoms with van der Waals surface area (Å²) in [4.78, 5) is 25.2. The zero-order valence-electron chi connectivity index (χ0n) is 10.9. The van der Waals surface area contributed by atoms with Crippen LogP contribution < -0.4 is 5.32 Å². The number of ether oxygens (including phenoxy) is 1. The van der Waals surface area contributed by atoms with Gasteiger partial charge in [-0.05, 0) is 40.5 Å². The van der Waals surface area contributed by atoms with E-state index in [0.29, 0.717) is 30.1 Å². The first-order valence-corrected chi connectivity index (χ1v) is 7.27. The van der Waals surface area contributed by atoms with Crippen molar-refractivity contribution in [1.29, 1.82) is 0 Å². The van der Waals surface area contributed by atoms with Crippen LogP contribution in [-0.2, 0) is 4.74 Å². The Morgan fingerprint density at radius 1 is 1.50 bits per heavy atom. The molecule has 1 atom stereocenters. The molecule has 0 aliphatic carbocycles. The highest BCUT2D eigenvalue weighted by molar-refractivity contribution is 9.10. The number of nitrogens with one attached hydrogen (secondary N) is 1. The quantitative estimate of drug-likeness (QED) is 0.881. The number of amides is 2. The molecular formula is C13H14BrClN2O3. The largest absolute Gasteiger partial charge is 0.453 e. The van der Waals surface area contributed by atoms with Gasteiger partial charge >= 0.3 is 6.09 Å². The van der Waals surface area contributed by atoms with Crippen LogP contribution in [-0.4, -0.2) is 43.1 Å². The molecule has 20 heavy (non-hydrogen) atoms. The molecule has 5 nitrogen and oxygen atoms in total. The molecule has 0 aromatic heterocycles. The SMILES string of the molecule is COC(=O)NC1CCN(C(=O)c2ccc(Br)c(Cl)c2)C1. The molecule has 1 heterocycles. The molecule has 1 N–H and O–H groups in total. The van der Waals surface area contributed by atoms with Crippen molar-refractivity contribution in [2.45, 2.75) is 12.5 Å². The number of hydrogen-bond acceptors (Lipinski definition) is 3. The predicted octanol–water partition coefficient (Wildman–Crippen LogP) is 2.67. The maximum atomic E-state index is 12.3. The highest BCUT2D eigenvalue weighted by Crippen LogP contribution is 2.24. The predicted molar refractivity (Wildman–Crippen MR) is 79.0 cm³/mol. The third-order valence-corrected chi connectivity index (χ3v) is 4.38. The zero-order valence-corrected chi connectivity index (χ0v) is 13.2. The van der Waals surface area contributed by atoms with Crippen molar-refractivity contribution in [2.75, 3.05) is 20.2 Å². The summed E-state index contributed by atoms with van der Waals surface area (Å²) in [6, 6.07) is 5.03. The molecule has 1 aromatic carbocycles. The van der Waals surface area contributed by atoms with Crippen molar-refractivity contribution in [1.82, 2.24) is 10.2 Å².